The minimum Gasteiger partial charge on any atom is -0.285 e. The minimum atomic E-state index is 1.01. The molecule has 0 unspecified atom stereocenters. The zero-order chi connectivity index (χ0) is 13.4. The van der Waals surface area contributed by atoms with E-state index in [0.717, 1.165) is 27.7 Å². The highest BCUT2D eigenvalue weighted by atomic mass is 15.3. The van der Waals surface area contributed by atoms with Gasteiger partial charge >= 0.3 is 0 Å². The highest BCUT2D eigenvalue weighted by Gasteiger charge is 2.06. The first kappa shape index (κ1) is 10.9. The van der Waals surface area contributed by atoms with Crippen LogP contribution in [0.2, 0.25) is 0 Å². The van der Waals surface area contributed by atoms with Crippen LogP contribution in [0.4, 0.5) is 0 Å². The Bertz CT molecular complexity index is 847. The van der Waals surface area contributed by atoms with E-state index in [2.05, 4.69) is 38.5 Å². The van der Waals surface area contributed by atoms with Crippen LogP contribution in [0.25, 0.3) is 27.7 Å². The van der Waals surface area contributed by atoms with Crippen molar-refractivity contribution in [3.8, 4) is 16.8 Å². The number of fused-ring (bicyclic) bond motifs is 1. The van der Waals surface area contributed by atoms with Crippen molar-refractivity contribution in [2.24, 2.45) is 0 Å². The Balaban J connectivity index is 1.87. The van der Waals surface area contributed by atoms with Gasteiger partial charge < -0.3 is 0 Å². The summed E-state index contributed by atoms with van der Waals surface area (Å²) in [6.07, 6.45) is 9.10. The molecule has 0 bridgehead atoms. The second kappa shape index (κ2) is 4.31. The molecule has 0 saturated heterocycles. The van der Waals surface area contributed by atoms with Crippen LogP contribution < -0.4 is 0 Å². The van der Waals surface area contributed by atoms with E-state index in [1.54, 1.807) is 12.4 Å². The van der Waals surface area contributed by atoms with Gasteiger partial charge in [-0.25, -0.2) is 4.68 Å². The molecule has 5 nitrogen and oxygen atoms in total. The largest absolute Gasteiger partial charge is 0.285 e. The summed E-state index contributed by atoms with van der Waals surface area (Å²) >= 11 is 0. The topological polar surface area (TPSA) is 59.4 Å². The molecule has 96 valence electrons. The smallest absolute Gasteiger partial charge is 0.0741 e. The van der Waals surface area contributed by atoms with Crippen LogP contribution in [0, 0.1) is 0 Å². The first-order valence-corrected chi connectivity index (χ1v) is 6.29. The first-order chi connectivity index (χ1) is 9.92. The van der Waals surface area contributed by atoms with Crippen molar-refractivity contribution in [2.45, 2.75) is 0 Å². The van der Waals surface area contributed by atoms with E-state index in [9.17, 15) is 0 Å². The molecule has 5 heteroatoms. The molecular formula is C15H11N5. The lowest BCUT2D eigenvalue weighted by Crippen LogP contribution is -1.95. The Morgan fingerprint density at radius 1 is 0.950 bits per heavy atom. The third-order valence-corrected chi connectivity index (χ3v) is 3.31. The molecule has 4 rings (SSSR count). The number of aromatic nitrogens is 5. The average molecular weight is 261 g/mol. The standard InChI is InChI=1S/C15H11N5/c1-2-15-12(7-11(1)13-8-17-18-9-13)10-19-20(15)14-3-5-16-6-4-14/h1-10H,(H,17,18). The second-order valence-corrected chi connectivity index (χ2v) is 4.52. The first-order valence-electron chi connectivity index (χ1n) is 6.29. The Morgan fingerprint density at radius 2 is 1.85 bits per heavy atom. The number of hydrogen-bond acceptors (Lipinski definition) is 3. The summed E-state index contributed by atoms with van der Waals surface area (Å²) < 4.78 is 1.91. The van der Waals surface area contributed by atoms with Gasteiger partial charge in [-0.1, -0.05) is 6.07 Å². The molecule has 0 aliphatic rings. The Kier molecular flexibility index (Phi) is 2.35. The maximum absolute atomic E-state index is 4.45. The van der Waals surface area contributed by atoms with Crippen molar-refractivity contribution in [1.82, 2.24) is 25.0 Å². The van der Waals surface area contributed by atoms with Crippen molar-refractivity contribution >= 4 is 10.9 Å². The van der Waals surface area contributed by atoms with Gasteiger partial charge in [0.15, 0.2) is 0 Å². The van der Waals surface area contributed by atoms with E-state index < -0.39 is 0 Å². The summed E-state index contributed by atoms with van der Waals surface area (Å²) in [5.74, 6) is 0. The normalized spacial score (nSPS) is 11.0. The Hall–Kier alpha value is -2.95. The summed E-state index contributed by atoms with van der Waals surface area (Å²) in [5, 5.41) is 12.4. The third kappa shape index (κ3) is 1.68. The monoisotopic (exact) mass is 261 g/mol. The highest BCUT2D eigenvalue weighted by Crippen LogP contribution is 2.24. The fraction of sp³-hybridized carbons (Fsp3) is 0. The fourth-order valence-corrected chi connectivity index (χ4v) is 2.31. The molecule has 3 heterocycles. The highest BCUT2D eigenvalue weighted by molar-refractivity contribution is 5.85. The molecule has 1 N–H and O–H groups in total. The average Bonchev–Trinajstić information content (AvgIpc) is 3.17. The number of H-pyrrole nitrogens is 1. The molecule has 0 amide bonds. The SMILES string of the molecule is c1cc(-n2ncc3cc(-c4cn[nH]c4)ccc32)ccn1. The van der Waals surface area contributed by atoms with E-state index in [4.69, 9.17) is 0 Å². The molecule has 0 radical (unpaired) electrons. The number of pyridine rings is 1. The molecule has 0 saturated carbocycles. The Labute approximate surface area is 114 Å². The third-order valence-electron chi connectivity index (χ3n) is 3.31. The molecule has 0 atom stereocenters. The van der Waals surface area contributed by atoms with Gasteiger partial charge in [0.05, 0.1) is 23.6 Å². The van der Waals surface area contributed by atoms with E-state index in [1.165, 1.54) is 0 Å². The fourth-order valence-electron chi connectivity index (χ4n) is 2.31. The van der Waals surface area contributed by atoms with Crippen molar-refractivity contribution < 1.29 is 0 Å². The van der Waals surface area contributed by atoms with Crippen LogP contribution in [-0.4, -0.2) is 25.0 Å². The minimum absolute atomic E-state index is 1.01. The quantitative estimate of drug-likeness (QED) is 0.603. The number of nitrogens with zero attached hydrogens (tertiary/aromatic N) is 4. The maximum Gasteiger partial charge on any atom is 0.0741 e. The summed E-state index contributed by atoms with van der Waals surface area (Å²) in [7, 11) is 0. The van der Waals surface area contributed by atoms with Crippen LogP contribution in [0.15, 0.2) is 61.3 Å². The van der Waals surface area contributed by atoms with Gasteiger partial charge in [-0.3, -0.25) is 10.1 Å². The number of aromatic amines is 1. The van der Waals surface area contributed by atoms with E-state index in [1.807, 2.05) is 35.4 Å². The van der Waals surface area contributed by atoms with Crippen molar-refractivity contribution in [3.63, 3.8) is 0 Å². The molecule has 0 aliphatic carbocycles. The van der Waals surface area contributed by atoms with Gasteiger partial charge in [0.1, 0.15) is 0 Å². The molecule has 0 spiro atoms. The zero-order valence-electron chi connectivity index (χ0n) is 10.6. The van der Waals surface area contributed by atoms with Gasteiger partial charge in [-0.15, -0.1) is 0 Å². The maximum atomic E-state index is 4.45. The number of nitrogens with one attached hydrogen (secondary N) is 1. The van der Waals surface area contributed by atoms with Crippen molar-refractivity contribution in [1.29, 1.82) is 0 Å². The van der Waals surface area contributed by atoms with Gasteiger partial charge in [-0.05, 0) is 29.8 Å². The van der Waals surface area contributed by atoms with Crippen LogP contribution in [0.3, 0.4) is 0 Å². The van der Waals surface area contributed by atoms with E-state index >= 15 is 0 Å². The zero-order valence-corrected chi connectivity index (χ0v) is 10.6. The van der Waals surface area contributed by atoms with E-state index in [0.29, 0.717) is 0 Å². The number of hydrogen-bond donors (Lipinski definition) is 1. The number of benzene rings is 1. The molecule has 4 aromatic rings. The van der Waals surface area contributed by atoms with Crippen LogP contribution >= 0.6 is 0 Å². The van der Waals surface area contributed by atoms with Crippen LogP contribution in [0.1, 0.15) is 0 Å². The molecule has 0 aliphatic heterocycles. The van der Waals surface area contributed by atoms with Crippen molar-refractivity contribution in [2.75, 3.05) is 0 Å². The Morgan fingerprint density at radius 3 is 2.65 bits per heavy atom. The molecule has 0 fully saturated rings. The lowest BCUT2D eigenvalue weighted by molar-refractivity contribution is 0.907. The summed E-state index contributed by atoms with van der Waals surface area (Å²) in [4.78, 5) is 4.03. The predicted octanol–water partition coefficient (Wildman–Crippen LogP) is 2.81. The lowest BCUT2D eigenvalue weighted by atomic mass is 10.1. The number of rotatable bonds is 2. The van der Waals surface area contributed by atoms with E-state index in [-0.39, 0.29) is 0 Å². The second-order valence-electron chi connectivity index (χ2n) is 4.52. The molecule has 1 aromatic carbocycles. The van der Waals surface area contributed by atoms with Gasteiger partial charge in [0.2, 0.25) is 0 Å². The van der Waals surface area contributed by atoms with Crippen LogP contribution in [-0.2, 0) is 0 Å². The van der Waals surface area contributed by atoms with Gasteiger partial charge in [0.25, 0.3) is 0 Å². The van der Waals surface area contributed by atoms with Gasteiger partial charge in [-0.2, -0.15) is 10.2 Å². The predicted molar refractivity (Wildman–Crippen MR) is 76.4 cm³/mol. The molecule has 20 heavy (non-hydrogen) atoms. The van der Waals surface area contributed by atoms with Gasteiger partial charge in [0, 0.05) is 29.5 Å². The van der Waals surface area contributed by atoms with Crippen LogP contribution in [0.5, 0.6) is 0 Å². The lowest BCUT2D eigenvalue weighted by Gasteiger charge is -2.03. The summed E-state index contributed by atoms with van der Waals surface area (Å²) in [6, 6.07) is 10.1. The summed E-state index contributed by atoms with van der Waals surface area (Å²) in [5.41, 5.74) is 4.28. The molecule has 3 aromatic heterocycles. The van der Waals surface area contributed by atoms with Crippen molar-refractivity contribution in [3.05, 3.63) is 61.3 Å². The molecular weight excluding hydrogens is 250 g/mol. The summed E-state index contributed by atoms with van der Waals surface area (Å²) in [6.45, 7) is 0.